The van der Waals surface area contributed by atoms with E-state index in [1.54, 1.807) is 6.20 Å². The van der Waals surface area contributed by atoms with E-state index in [1.165, 1.54) is 0 Å². The fraction of sp³-hybridized carbons (Fsp3) is 0.273. The van der Waals surface area contributed by atoms with Gasteiger partial charge in [0, 0.05) is 6.20 Å². The van der Waals surface area contributed by atoms with Crippen LogP contribution < -0.4 is 5.73 Å². The van der Waals surface area contributed by atoms with Crippen LogP contribution in [0.2, 0.25) is 0 Å². The summed E-state index contributed by atoms with van der Waals surface area (Å²) in [5, 5.41) is 9.58. The number of pyridine rings is 1. The molecule has 1 aliphatic rings. The molecule has 2 aromatic rings. The second-order valence-corrected chi connectivity index (χ2v) is 4.00. The van der Waals surface area contributed by atoms with E-state index in [9.17, 15) is 4.79 Å². The molecule has 0 amide bonds. The Hall–Kier alpha value is -2.04. The number of carbonyl (C=O) groups is 1. The highest BCUT2D eigenvalue weighted by Crippen LogP contribution is 2.45. The quantitative estimate of drug-likeness (QED) is 0.804. The van der Waals surface area contributed by atoms with Crippen LogP contribution in [-0.4, -0.2) is 16.1 Å². The van der Waals surface area contributed by atoms with Crippen molar-refractivity contribution in [2.75, 3.05) is 5.73 Å². The largest absolute Gasteiger partial charge is 0.475 e. The first-order valence-electron chi connectivity index (χ1n) is 5.08. The van der Waals surface area contributed by atoms with Gasteiger partial charge in [0.15, 0.2) is 0 Å². The number of nitrogen functional groups attached to an aromatic ring is 1. The Bertz CT molecular complexity index is 584. The summed E-state index contributed by atoms with van der Waals surface area (Å²) in [6.07, 6.45) is 3.86. The maximum Gasteiger partial charge on any atom is 0.374 e. The van der Waals surface area contributed by atoms with Gasteiger partial charge in [0.05, 0.1) is 11.1 Å². The van der Waals surface area contributed by atoms with Gasteiger partial charge in [-0.15, -0.1) is 0 Å². The Morgan fingerprint density at radius 2 is 2.31 bits per heavy atom. The molecule has 0 aliphatic heterocycles. The van der Waals surface area contributed by atoms with Gasteiger partial charge in [0.1, 0.15) is 0 Å². The molecule has 0 unspecified atom stereocenters. The number of aromatic carboxylic acids is 1. The standard InChI is InChI=1S/C11H10N2O3/c12-8-7-6(5-1-2-5)3-4-13-10(7)16-9(8)11(14)15/h3-5H,1-2,12H2,(H,14,15). The molecule has 2 heterocycles. The van der Waals surface area contributed by atoms with Crippen LogP contribution in [0.25, 0.3) is 11.1 Å². The van der Waals surface area contributed by atoms with Gasteiger partial charge in [-0.25, -0.2) is 9.78 Å². The SMILES string of the molecule is Nc1c(C(=O)O)oc2nccc(C3CC3)c12. The van der Waals surface area contributed by atoms with Crippen molar-refractivity contribution in [3.8, 4) is 0 Å². The molecule has 2 aromatic heterocycles. The van der Waals surface area contributed by atoms with Gasteiger partial charge in [-0.2, -0.15) is 0 Å². The molecule has 5 heteroatoms. The summed E-state index contributed by atoms with van der Waals surface area (Å²) in [6.45, 7) is 0. The predicted octanol–water partition coefficient (Wildman–Crippen LogP) is 1.99. The molecular weight excluding hydrogens is 208 g/mol. The topological polar surface area (TPSA) is 89.4 Å². The molecule has 0 aromatic carbocycles. The number of hydrogen-bond acceptors (Lipinski definition) is 4. The molecule has 0 radical (unpaired) electrons. The van der Waals surface area contributed by atoms with Crippen LogP contribution in [0.3, 0.4) is 0 Å². The number of nitrogens with two attached hydrogens (primary N) is 1. The number of nitrogens with zero attached hydrogens (tertiary/aromatic N) is 1. The zero-order valence-corrected chi connectivity index (χ0v) is 8.43. The molecule has 1 fully saturated rings. The number of furan rings is 1. The third kappa shape index (κ3) is 1.18. The average molecular weight is 218 g/mol. The smallest absolute Gasteiger partial charge is 0.374 e. The van der Waals surface area contributed by atoms with Crippen molar-refractivity contribution in [2.24, 2.45) is 0 Å². The summed E-state index contributed by atoms with van der Waals surface area (Å²) in [5.74, 6) is -0.889. The zero-order chi connectivity index (χ0) is 11.3. The number of fused-ring (bicyclic) bond motifs is 1. The van der Waals surface area contributed by atoms with Crippen molar-refractivity contribution < 1.29 is 14.3 Å². The Kier molecular flexibility index (Phi) is 1.71. The first-order chi connectivity index (χ1) is 7.68. The fourth-order valence-corrected chi connectivity index (χ4v) is 1.96. The number of anilines is 1. The van der Waals surface area contributed by atoms with Crippen molar-refractivity contribution in [3.63, 3.8) is 0 Å². The van der Waals surface area contributed by atoms with E-state index in [2.05, 4.69) is 4.98 Å². The third-order valence-electron chi connectivity index (χ3n) is 2.87. The highest BCUT2D eigenvalue weighted by atomic mass is 16.4. The Balaban J connectivity index is 2.33. The molecule has 82 valence electrons. The van der Waals surface area contributed by atoms with Gasteiger partial charge in [-0.05, 0) is 30.4 Å². The van der Waals surface area contributed by atoms with Crippen LogP contribution in [-0.2, 0) is 0 Å². The summed E-state index contributed by atoms with van der Waals surface area (Å²) in [6, 6.07) is 1.89. The maximum absolute atomic E-state index is 10.9. The molecule has 0 spiro atoms. The van der Waals surface area contributed by atoms with Crippen LogP contribution in [0.15, 0.2) is 16.7 Å². The second kappa shape index (κ2) is 2.98. The van der Waals surface area contributed by atoms with Gasteiger partial charge in [0.25, 0.3) is 0 Å². The van der Waals surface area contributed by atoms with Crippen molar-refractivity contribution in [1.29, 1.82) is 0 Å². The number of carboxylic acids is 1. The second-order valence-electron chi connectivity index (χ2n) is 4.00. The van der Waals surface area contributed by atoms with Crippen molar-refractivity contribution in [2.45, 2.75) is 18.8 Å². The number of rotatable bonds is 2. The van der Waals surface area contributed by atoms with E-state index < -0.39 is 5.97 Å². The van der Waals surface area contributed by atoms with E-state index in [1.807, 2.05) is 6.07 Å². The van der Waals surface area contributed by atoms with E-state index in [0.29, 0.717) is 17.0 Å². The minimum atomic E-state index is -1.16. The van der Waals surface area contributed by atoms with E-state index >= 15 is 0 Å². The minimum absolute atomic E-state index is 0.192. The average Bonchev–Trinajstić information content (AvgIpc) is 3.03. The highest BCUT2D eigenvalue weighted by molar-refractivity contribution is 6.03. The molecule has 3 rings (SSSR count). The van der Waals surface area contributed by atoms with Crippen LogP contribution in [0, 0.1) is 0 Å². The number of carboxylic acid groups (broad SMARTS) is 1. The molecule has 1 aliphatic carbocycles. The maximum atomic E-state index is 10.9. The molecule has 0 saturated heterocycles. The lowest BCUT2D eigenvalue weighted by Crippen LogP contribution is -1.98. The highest BCUT2D eigenvalue weighted by Gasteiger charge is 2.29. The van der Waals surface area contributed by atoms with Crippen molar-refractivity contribution in [3.05, 3.63) is 23.6 Å². The molecule has 5 nitrogen and oxygen atoms in total. The van der Waals surface area contributed by atoms with Crippen molar-refractivity contribution >= 4 is 22.8 Å². The van der Waals surface area contributed by atoms with Crippen LogP contribution in [0.5, 0.6) is 0 Å². The van der Waals surface area contributed by atoms with Gasteiger partial charge in [-0.3, -0.25) is 0 Å². The molecular formula is C11H10N2O3. The summed E-state index contributed by atoms with van der Waals surface area (Å²) in [7, 11) is 0. The van der Waals surface area contributed by atoms with E-state index in [0.717, 1.165) is 18.4 Å². The number of aromatic nitrogens is 1. The predicted molar refractivity (Wildman–Crippen MR) is 57.4 cm³/mol. The van der Waals surface area contributed by atoms with Gasteiger partial charge in [0.2, 0.25) is 11.5 Å². The van der Waals surface area contributed by atoms with E-state index in [4.69, 9.17) is 15.3 Å². The fourth-order valence-electron chi connectivity index (χ4n) is 1.96. The minimum Gasteiger partial charge on any atom is -0.475 e. The summed E-state index contributed by atoms with van der Waals surface area (Å²) < 4.78 is 5.14. The molecule has 3 N–H and O–H groups in total. The van der Waals surface area contributed by atoms with Crippen LogP contribution in [0.4, 0.5) is 5.69 Å². The number of hydrogen-bond donors (Lipinski definition) is 2. The Labute approximate surface area is 90.9 Å². The third-order valence-corrected chi connectivity index (χ3v) is 2.87. The normalized spacial score (nSPS) is 15.5. The lowest BCUT2D eigenvalue weighted by Gasteiger charge is -1.99. The van der Waals surface area contributed by atoms with Gasteiger partial charge in [-0.1, -0.05) is 0 Å². The Morgan fingerprint density at radius 1 is 1.56 bits per heavy atom. The summed E-state index contributed by atoms with van der Waals surface area (Å²) in [5.41, 5.74) is 7.36. The van der Waals surface area contributed by atoms with Gasteiger partial charge < -0.3 is 15.3 Å². The first-order valence-corrected chi connectivity index (χ1v) is 5.08. The Morgan fingerprint density at radius 3 is 2.94 bits per heavy atom. The first kappa shape index (κ1) is 9.21. The molecule has 0 atom stereocenters. The van der Waals surface area contributed by atoms with Gasteiger partial charge >= 0.3 is 5.97 Å². The molecule has 0 bridgehead atoms. The van der Waals surface area contributed by atoms with Crippen molar-refractivity contribution in [1.82, 2.24) is 4.98 Å². The molecule has 16 heavy (non-hydrogen) atoms. The van der Waals surface area contributed by atoms with E-state index in [-0.39, 0.29) is 11.4 Å². The summed E-state index contributed by atoms with van der Waals surface area (Å²) >= 11 is 0. The zero-order valence-electron chi connectivity index (χ0n) is 8.43. The lowest BCUT2D eigenvalue weighted by molar-refractivity contribution is 0.0666. The molecule has 1 saturated carbocycles. The monoisotopic (exact) mass is 218 g/mol. The van der Waals surface area contributed by atoms with Crippen LogP contribution >= 0.6 is 0 Å². The summed E-state index contributed by atoms with van der Waals surface area (Å²) in [4.78, 5) is 14.9. The lowest BCUT2D eigenvalue weighted by atomic mass is 10.1. The van der Waals surface area contributed by atoms with Crippen LogP contribution in [0.1, 0.15) is 34.9 Å².